The summed E-state index contributed by atoms with van der Waals surface area (Å²) in [5.74, 6) is -0.545. The molecular formula is C20H22N6O6S2. The summed E-state index contributed by atoms with van der Waals surface area (Å²) in [5.41, 5.74) is -0.0656. The number of carbonyl (C=O) groups excluding carboxylic acids is 1. The molecule has 0 atom stereocenters. The molecule has 0 aliphatic heterocycles. The lowest BCUT2D eigenvalue weighted by Gasteiger charge is -2.06. The van der Waals surface area contributed by atoms with Crippen LogP contribution in [0.25, 0.3) is 21.4 Å². The van der Waals surface area contributed by atoms with Crippen molar-refractivity contribution in [3.63, 3.8) is 0 Å². The number of hydrogen-bond donors (Lipinski definition) is 0. The van der Waals surface area contributed by atoms with Crippen LogP contribution in [0.3, 0.4) is 0 Å². The van der Waals surface area contributed by atoms with Gasteiger partial charge in [-0.2, -0.15) is 4.99 Å². The Hall–Kier alpha value is -3.36. The van der Waals surface area contributed by atoms with Crippen LogP contribution in [-0.2, 0) is 46.6 Å². The minimum atomic E-state index is -3.40. The van der Waals surface area contributed by atoms with E-state index < -0.39 is 27.0 Å². The van der Waals surface area contributed by atoms with Crippen molar-refractivity contribution in [3.8, 4) is 0 Å². The first-order valence-corrected chi connectivity index (χ1v) is 12.7. The van der Waals surface area contributed by atoms with Crippen molar-refractivity contribution < 1.29 is 17.9 Å². The predicted molar refractivity (Wildman–Crippen MR) is 126 cm³/mol. The smallest absolute Gasteiger partial charge is 0.332 e. The van der Waals surface area contributed by atoms with E-state index in [1.165, 1.54) is 47.0 Å². The van der Waals surface area contributed by atoms with Crippen molar-refractivity contribution in [1.82, 2.24) is 23.3 Å². The van der Waals surface area contributed by atoms with Gasteiger partial charge in [0.25, 0.3) is 11.5 Å². The molecule has 3 heterocycles. The third-order valence-electron chi connectivity index (χ3n) is 5.34. The number of methoxy groups -OCH3 is 1. The van der Waals surface area contributed by atoms with Gasteiger partial charge in [-0.1, -0.05) is 11.3 Å². The number of rotatable bonds is 6. The number of fused-ring (bicyclic) bond motifs is 2. The third-order valence-corrected chi connectivity index (χ3v) is 7.50. The zero-order valence-electron chi connectivity index (χ0n) is 18.9. The van der Waals surface area contributed by atoms with E-state index in [2.05, 4.69) is 9.98 Å². The Bertz CT molecular complexity index is 1740. The Morgan fingerprint density at radius 2 is 1.94 bits per heavy atom. The summed E-state index contributed by atoms with van der Waals surface area (Å²) in [7, 11) is 1.00. The molecule has 0 bridgehead atoms. The highest BCUT2D eigenvalue weighted by molar-refractivity contribution is 7.90. The fourth-order valence-corrected chi connectivity index (χ4v) is 5.41. The highest BCUT2D eigenvalue weighted by atomic mass is 32.2. The van der Waals surface area contributed by atoms with Gasteiger partial charge in [-0.05, 0) is 18.2 Å². The minimum absolute atomic E-state index is 0.120. The van der Waals surface area contributed by atoms with Gasteiger partial charge in [-0.15, -0.1) is 0 Å². The number of hydrogen-bond acceptors (Lipinski definition) is 8. The third kappa shape index (κ3) is 4.15. The van der Waals surface area contributed by atoms with E-state index >= 15 is 0 Å². The molecule has 4 rings (SSSR count). The molecular weight excluding hydrogens is 484 g/mol. The van der Waals surface area contributed by atoms with Gasteiger partial charge in [0.15, 0.2) is 25.8 Å². The quantitative estimate of drug-likeness (QED) is 0.347. The fraction of sp³-hybridized carbons (Fsp3) is 0.350. The summed E-state index contributed by atoms with van der Waals surface area (Å²) in [4.78, 5) is 46.5. The Balaban J connectivity index is 1.80. The second-order valence-electron chi connectivity index (χ2n) is 7.69. The molecule has 1 aromatic carbocycles. The van der Waals surface area contributed by atoms with E-state index in [9.17, 15) is 22.8 Å². The highest BCUT2D eigenvalue weighted by Gasteiger charge is 2.17. The van der Waals surface area contributed by atoms with Crippen LogP contribution in [0.1, 0.15) is 0 Å². The van der Waals surface area contributed by atoms with Crippen LogP contribution in [0.5, 0.6) is 0 Å². The normalized spacial score (nSPS) is 12.8. The SMILES string of the molecule is COCCn1c(=NC(=O)Cn2cnc3c2c(=O)n(C)c(=O)n3C)sc2cc(S(C)(=O)=O)ccc21. The van der Waals surface area contributed by atoms with E-state index in [4.69, 9.17) is 4.74 Å². The maximum absolute atomic E-state index is 12.9. The number of imidazole rings is 1. The average Bonchev–Trinajstić information content (AvgIpc) is 3.34. The number of carbonyl (C=O) groups is 1. The van der Waals surface area contributed by atoms with E-state index in [-0.39, 0.29) is 22.6 Å². The molecule has 0 aliphatic carbocycles. The van der Waals surface area contributed by atoms with E-state index in [0.717, 1.165) is 16.3 Å². The van der Waals surface area contributed by atoms with Gasteiger partial charge < -0.3 is 13.9 Å². The first kappa shape index (κ1) is 23.8. The molecule has 34 heavy (non-hydrogen) atoms. The zero-order chi connectivity index (χ0) is 24.8. The lowest BCUT2D eigenvalue weighted by atomic mass is 10.3. The van der Waals surface area contributed by atoms with Gasteiger partial charge >= 0.3 is 5.69 Å². The topological polar surface area (TPSA) is 140 Å². The number of benzene rings is 1. The van der Waals surface area contributed by atoms with Crippen LogP contribution in [0.4, 0.5) is 0 Å². The largest absolute Gasteiger partial charge is 0.383 e. The lowest BCUT2D eigenvalue weighted by Crippen LogP contribution is -2.37. The second-order valence-corrected chi connectivity index (χ2v) is 10.7. The number of ether oxygens (including phenoxy) is 1. The second kappa shape index (κ2) is 8.77. The Labute approximate surface area is 196 Å². The van der Waals surface area contributed by atoms with Gasteiger partial charge in [-0.3, -0.25) is 18.7 Å². The molecule has 4 aromatic rings. The Morgan fingerprint density at radius 1 is 1.21 bits per heavy atom. The number of aromatic nitrogens is 5. The van der Waals surface area contributed by atoms with Crippen LogP contribution in [0, 0.1) is 0 Å². The molecule has 3 aromatic heterocycles. The van der Waals surface area contributed by atoms with Crippen molar-refractivity contribution in [3.05, 3.63) is 50.2 Å². The molecule has 0 unspecified atom stereocenters. The number of sulfone groups is 1. The predicted octanol–water partition coefficient (Wildman–Crippen LogP) is -0.373. The first-order valence-electron chi connectivity index (χ1n) is 10.0. The number of aryl methyl sites for hydroxylation is 1. The summed E-state index contributed by atoms with van der Waals surface area (Å²) in [6.07, 6.45) is 2.45. The lowest BCUT2D eigenvalue weighted by molar-refractivity contribution is -0.118. The molecule has 12 nitrogen and oxygen atoms in total. The van der Waals surface area contributed by atoms with E-state index in [1.807, 2.05) is 0 Å². The highest BCUT2D eigenvalue weighted by Crippen LogP contribution is 2.22. The molecule has 14 heteroatoms. The maximum Gasteiger partial charge on any atom is 0.332 e. The van der Waals surface area contributed by atoms with Crippen LogP contribution in [0.2, 0.25) is 0 Å². The van der Waals surface area contributed by atoms with Crippen LogP contribution in [-0.4, -0.2) is 57.5 Å². The molecule has 0 N–H and O–H groups in total. The number of nitrogens with zero attached hydrogens (tertiary/aromatic N) is 6. The van der Waals surface area contributed by atoms with Crippen LogP contribution < -0.4 is 16.1 Å². The van der Waals surface area contributed by atoms with Crippen molar-refractivity contribution >= 4 is 48.5 Å². The molecule has 0 saturated carbocycles. The van der Waals surface area contributed by atoms with E-state index in [0.29, 0.717) is 22.7 Å². The summed E-state index contributed by atoms with van der Waals surface area (Å²) in [5, 5.41) is 0. The van der Waals surface area contributed by atoms with Gasteiger partial charge in [0.1, 0.15) is 6.54 Å². The number of thiazole rings is 1. The van der Waals surface area contributed by atoms with Gasteiger partial charge in [-0.25, -0.2) is 18.2 Å². The molecule has 0 fully saturated rings. The van der Waals surface area contributed by atoms with Crippen molar-refractivity contribution in [2.45, 2.75) is 18.0 Å². The number of amides is 1. The van der Waals surface area contributed by atoms with Gasteiger partial charge in [0.05, 0.1) is 28.0 Å². The van der Waals surface area contributed by atoms with Crippen LogP contribution >= 0.6 is 11.3 Å². The fourth-order valence-electron chi connectivity index (χ4n) is 3.57. The standard InChI is InChI=1S/C20H22N6O6S2/c1-23-17-16(18(28)24(2)20(23)29)25(11-21-17)10-15(27)22-19-26(7-8-32-3)13-6-5-12(34(4,30)31)9-14(13)33-19/h5-6,9,11H,7-8,10H2,1-4H3. The zero-order valence-corrected chi connectivity index (χ0v) is 20.5. The summed E-state index contributed by atoms with van der Waals surface area (Å²) >= 11 is 1.18. The first-order chi connectivity index (χ1) is 16.0. The molecule has 0 spiro atoms. The molecule has 0 saturated heterocycles. The summed E-state index contributed by atoms with van der Waals surface area (Å²) < 4.78 is 35.0. The van der Waals surface area contributed by atoms with Crippen LogP contribution in [0.15, 0.2) is 44.0 Å². The molecule has 1 amide bonds. The molecule has 0 radical (unpaired) electrons. The van der Waals surface area contributed by atoms with Gasteiger partial charge in [0.2, 0.25) is 0 Å². The monoisotopic (exact) mass is 506 g/mol. The Kier molecular flexibility index (Phi) is 6.14. The minimum Gasteiger partial charge on any atom is -0.383 e. The van der Waals surface area contributed by atoms with Crippen molar-refractivity contribution in [1.29, 1.82) is 0 Å². The van der Waals surface area contributed by atoms with E-state index in [1.54, 1.807) is 23.8 Å². The maximum atomic E-state index is 12.9. The molecule has 0 aliphatic rings. The summed E-state index contributed by atoms with van der Waals surface area (Å²) in [6, 6.07) is 4.74. The summed E-state index contributed by atoms with van der Waals surface area (Å²) in [6.45, 7) is 0.492. The Morgan fingerprint density at radius 3 is 2.62 bits per heavy atom. The van der Waals surface area contributed by atoms with Crippen molar-refractivity contribution in [2.75, 3.05) is 20.0 Å². The average molecular weight is 507 g/mol. The van der Waals surface area contributed by atoms with Crippen molar-refractivity contribution in [2.24, 2.45) is 19.1 Å². The van der Waals surface area contributed by atoms with Gasteiger partial charge in [0, 0.05) is 34.0 Å². The molecule has 180 valence electrons.